The van der Waals surface area contributed by atoms with Crippen molar-refractivity contribution in [1.82, 2.24) is 4.98 Å². The number of hydrogen-bond donors (Lipinski definition) is 1. The minimum Gasteiger partial charge on any atom is -0.507 e. The molecule has 11 nitrogen and oxygen atoms in total. The van der Waals surface area contributed by atoms with Crippen LogP contribution in [0.25, 0.3) is 5.76 Å². The summed E-state index contributed by atoms with van der Waals surface area (Å²) in [7, 11) is 2.69. The third-order valence-electron chi connectivity index (χ3n) is 5.89. The number of hydrogen-bond acceptors (Lipinski definition) is 10. The second kappa shape index (κ2) is 9.82. The zero-order valence-corrected chi connectivity index (χ0v) is 21.0. The summed E-state index contributed by atoms with van der Waals surface area (Å²) in [5.74, 6) is -2.61. The van der Waals surface area contributed by atoms with Gasteiger partial charge in [0, 0.05) is 17.7 Å². The van der Waals surface area contributed by atoms with Crippen LogP contribution in [0.1, 0.15) is 38.1 Å². The summed E-state index contributed by atoms with van der Waals surface area (Å²) < 4.78 is 9.97. The molecule has 4 rings (SSSR count). The Hall–Kier alpha value is -4.58. The maximum atomic E-state index is 13.3. The zero-order chi connectivity index (χ0) is 27.0. The highest BCUT2D eigenvalue weighted by atomic mass is 32.1. The van der Waals surface area contributed by atoms with Crippen molar-refractivity contribution in [2.75, 3.05) is 19.1 Å². The molecule has 0 radical (unpaired) electrons. The normalized spacial score (nSPS) is 16.6. The number of ether oxygens (including phenoxy) is 2. The number of thiazole rings is 1. The Morgan fingerprint density at radius 3 is 2.51 bits per heavy atom. The second-order valence-corrected chi connectivity index (χ2v) is 9.08. The van der Waals surface area contributed by atoms with Crippen LogP contribution >= 0.6 is 11.3 Å². The summed E-state index contributed by atoms with van der Waals surface area (Å²) in [6, 6.07) is 8.95. The van der Waals surface area contributed by atoms with Gasteiger partial charge in [-0.3, -0.25) is 24.6 Å². The van der Waals surface area contributed by atoms with E-state index in [4.69, 9.17) is 9.47 Å². The Kier molecular flexibility index (Phi) is 6.77. The molecular weight excluding hydrogens is 502 g/mol. The van der Waals surface area contributed by atoms with Crippen LogP contribution in [0.5, 0.6) is 5.75 Å². The fourth-order valence-electron chi connectivity index (χ4n) is 4.09. The highest BCUT2D eigenvalue weighted by Gasteiger charge is 2.49. The van der Waals surface area contributed by atoms with Gasteiger partial charge >= 0.3 is 11.9 Å². The number of aliphatic hydroxyl groups is 1. The van der Waals surface area contributed by atoms with Gasteiger partial charge in [0.05, 0.1) is 36.5 Å². The van der Waals surface area contributed by atoms with E-state index in [1.165, 1.54) is 38.5 Å². The van der Waals surface area contributed by atoms with Gasteiger partial charge in [0.15, 0.2) is 5.13 Å². The van der Waals surface area contributed by atoms with Gasteiger partial charge in [0.1, 0.15) is 16.4 Å². The first-order chi connectivity index (χ1) is 17.6. The second-order valence-electron chi connectivity index (χ2n) is 8.10. The summed E-state index contributed by atoms with van der Waals surface area (Å²) >= 11 is 0.834. The quantitative estimate of drug-likeness (QED) is 0.126. The molecule has 0 bridgehead atoms. The van der Waals surface area contributed by atoms with Gasteiger partial charge < -0.3 is 14.6 Å². The molecule has 190 valence electrons. The number of ketones is 1. The Morgan fingerprint density at radius 2 is 1.89 bits per heavy atom. The topological polar surface area (TPSA) is 149 Å². The highest BCUT2D eigenvalue weighted by Crippen LogP contribution is 2.44. The molecule has 0 spiro atoms. The van der Waals surface area contributed by atoms with Gasteiger partial charge in [0.2, 0.25) is 0 Å². The maximum absolute atomic E-state index is 13.3. The molecule has 0 aliphatic carbocycles. The molecule has 37 heavy (non-hydrogen) atoms. The van der Waals surface area contributed by atoms with Crippen LogP contribution in [0.4, 0.5) is 10.8 Å². The maximum Gasteiger partial charge on any atom is 0.350 e. The summed E-state index contributed by atoms with van der Waals surface area (Å²) in [6.45, 7) is 3.24. The molecule has 2 heterocycles. The predicted octanol–water partition coefficient (Wildman–Crippen LogP) is 4.09. The number of non-ortho nitro benzene ring substituents is 1. The highest BCUT2D eigenvalue weighted by molar-refractivity contribution is 7.17. The minimum atomic E-state index is -1.25. The standard InChI is InChI=1S/C25H21N3O8S/c1-12-10-16(35-3)8-9-17(12)20(29)18-19(14-6-5-7-15(11-14)28(33)34)27(23(31)21(18)30)25-26-13(2)22(37-25)24(32)36-4/h5-11,19,29H,1-4H3/t19-/m0/s1. The van der Waals surface area contributed by atoms with Crippen LogP contribution < -0.4 is 9.64 Å². The van der Waals surface area contributed by atoms with Crippen molar-refractivity contribution in [3.8, 4) is 5.75 Å². The number of Topliss-reactive ketones (excluding diaryl/α,β-unsaturated/α-hetero) is 1. The Morgan fingerprint density at radius 1 is 1.16 bits per heavy atom. The molecule has 1 aliphatic heterocycles. The SMILES string of the molecule is COC(=O)c1sc(N2C(=O)C(=O)C(=C(O)c3ccc(OC)cc3C)[C@@H]2c2cccc([N+](=O)[O-])c2)nc1C. The number of esters is 1. The number of methoxy groups -OCH3 is 2. The Labute approximate surface area is 214 Å². The number of amides is 1. The van der Waals surface area contributed by atoms with Crippen molar-refractivity contribution >= 4 is 45.6 Å². The molecule has 12 heteroatoms. The fraction of sp³-hybridized carbons (Fsp3) is 0.200. The molecule has 1 saturated heterocycles. The van der Waals surface area contributed by atoms with E-state index in [2.05, 4.69) is 4.98 Å². The molecule has 1 atom stereocenters. The van der Waals surface area contributed by atoms with E-state index in [1.54, 1.807) is 32.0 Å². The lowest BCUT2D eigenvalue weighted by Crippen LogP contribution is -2.29. The predicted molar refractivity (Wildman–Crippen MR) is 134 cm³/mol. The number of rotatable bonds is 6. The van der Waals surface area contributed by atoms with Crippen LogP contribution in [0.3, 0.4) is 0 Å². The summed E-state index contributed by atoms with van der Waals surface area (Å²) in [4.78, 5) is 55.2. The smallest absolute Gasteiger partial charge is 0.350 e. The summed E-state index contributed by atoms with van der Waals surface area (Å²) in [6.07, 6.45) is 0. The molecule has 0 unspecified atom stereocenters. The molecule has 1 fully saturated rings. The number of aryl methyl sites for hydroxylation is 2. The number of nitro benzene ring substituents is 1. The van der Waals surface area contributed by atoms with E-state index in [0.717, 1.165) is 16.2 Å². The fourth-order valence-corrected chi connectivity index (χ4v) is 5.11. The third-order valence-corrected chi connectivity index (χ3v) is 7.03. The van der Waals surface area contributed by atoms with Gasteiger partial charge in [0.25, 0.3) is 11.5 Å². The molecule has 2 aromatic carbocycles. The summed E-state index contributed by atoms with van der Waals surface area (Å²) in [5.41, 5.74) is 0.783. The van der Waals surface area contributed by atoms with E-state index >= 15 is 0 Å². The van der Waals surface area contributed by atoms with Gasteiger partial charge in [-0.25, -0.2) is 9.78 Å². The largest absolute Gasteiger partial charge is 0.507 e. The van der Waals surface area contributed by atoms with E-state index in [-0.39, 0.29) is 38.1 Å². The minimum absolute atomic E-state index is 0.00186. The van der Waals surface area contributed by atoms with Gasteiger partial charge in [-0.05, 0) is 43.2 Å². The van der Waals surface area contributed by atoms with Crippen molar-refractivity contribution in [2.45, 2.75) is 19.9 Å². The number of aromatic nitrogens is 1. The lowest BCUT2D eigenvalue weighted by Gasteiger charge is -2.23. The Bertz CT molecular complexity index is 1490. The molecule has 1 amide bonds. The summed E-state index contributed by atoms with van der Waals surface area (Å²) in [5, 5.41) is 22.8. The van der Waals surface area contributed by atoms with Crippen molar-refractivity contribution in [3.05, 3.63) is 85.4 Å². The number of anilines is 1. The molecule has 1 aromatic heterocycles. The van der Waals surface area contributed by atoms with Crippen LogP contribution in [0.15, 0.2) is 48.0 Å². The number of carbonyl (C=O) groups is 3. The van der Waals surface area contributed by atoms with Gasteiger partial charge in [-0.1, -0.05) is 23.5 Å². The van der Waals surface area contributed by atoms with Gasteiger partial charge in [-0.15, -0.1) is 0 Å². The van der Waals surface area contributed by atoms with E-state index in [0.29, 0.717) is 11.3 Å². The average Bonchev–Trinajstić information content (AvgIpc) is 3.39. The third kappa shape index (κ3) is 4.42. The van der Waals surface area contributed by atoms with E-state index in [9.17, 15) is 29.6 Å². The number of nitro groups is 1. The molecular formula is C25H21N3O8S. The lowest BCUT2D eigenvalue weighted by atomic mass is 9.93. The van der Waals surface area contributed by atoms with E-state index < -0.39 is 34.4 Å². The van der Waals surface area contributed by atoms with Crippen LogP contribution in [-0.2, 0) is 14.3 Å². The van der Waals surface area contributed by atoms with Gasteiger partial charge in [-0.2, -0.15) is 0 Å². The molecule has 0 saturated carbocycles. The first-order valence-corrected chi connectivity index (χ1v) is 11.7. The average molecular weight is 524 g/mol. The van der Waals surface area contributed by atoms with E-state index in [1.807, 2.05) is 0 Å². The van der Waals surface area contributed by atoms with Crippen LogP contribution in [0.2, 0.25) is 0 Å². The first kappa shape index (κ1) is 25.5. The zero-order valence-electron chi connectivity index (χ0n) is 20.2. The first-order valence-electron chi connectivity index (χ1n) is 10.8. The van der Waals surface area contributed by atoms with Crippen LogP contribution in [0, 0.1) is 24.0 Å². The lowest BCUT2D eigenvalue weighted by molar-refractivity contribution is -0.384. The van der Waals surface area contributed by atoms with Crippen molar-refractivity contribution in [1.29, 1.82) is 0 Å². The van der Waals surface area contributed by atoms with Crippen LogP contribution in [-0.4, -0.2) is 46.9 Å². The molecule has 3 aromatic rings. The molecule has 1 N–H and O–H groups in total. The number of aliphatic hydroxyl groups excluding tert-OH is 1. The number of benzene rings is 2. The molecule has 1 aliphatic rings. The van der Waals surface area contributed by atoms with Crippen molar-refractivity contribution in [3.63, 3.8) is 0 Å². The van der Waals surface area contributed by atoms with Crippen molar-refractivity contribution in [2.24, 2.45) is 0 Å². The number of nitrogens with zero attached hydrogens (tertiary/aromatic N) is 3. The Balaban J connectivity index is 1.98. The van der Waals surface area contributed by atoms with Crippen molar-refractivity contribution < 1.29 is 33.9 Å². The monoisotopic (exact) mass is 523 g/mol. The number of carbonyl (C=O) groups excluding carboxylic acids is 3.